The number of aromatic nitrogens is 1. The SMILES string of the molecule is COCCNC(=O)CC(=O)N/N=C/c1cc(C)n(-c2cc(Cl)ccc2Cl)c1C. The van der Waals surface area contributed by atoms with Crippen LogP contribution in [0, 0.1) is 13.8 Å². The number of hydrogen-bond acceptors (Lipinski definition) is 4. The summed E-state index contributed by atoms with van der Waals surface area (Å²) in [5.41, 5.74) is 5.74. The first kappa shape index (κ1) is 21.9. The quantitative estimate of drug-likeness (QED) is 0.295. The van der Waals surface area contributed by atoms with Gasteiger partial charge in [-0.25, -0.2) is 5.43 Å². The molecule has 1 aromatic carbocycles. The molecule has 28 heavy (non-hydrogen) atoms. The van der Waals surface area contributed by atoms with Gasteiger partial charge in [-0.2, -0.15) is 5.10 Å². The Morgan fingerprint density at radius 2 is 1.96 bits per heavy atom. The summed E-state index contributed by atoms with van der Waals surface area (Å²) in [6.07, 6.45) is 1.22. The maximum Gasteiger partial charge on any atom is 0.249 e. The highest BCUT2D eigenvalue weighted by Crippen LogP contribution is 2.28. The van der Waals surface area contributed by atoms with Crippen molar-refractivity contribution in [3.63, 3.8) is 0 Å². The van der Waals surface area contributed by atoms with Crippen molar-refractivity contribution in [2.75, 3.05) is 20.3 Å². The van der Waals surface area contributed by atoms with Gasteiger partial charge in [-0.1, -0.05) is 23.2 Å². The molecule has 0 aliphatic rings. The second kappa shape index (κ2) is 10.3. The van der Waals surface area contributed by atoms with Crippen molar-refractivity contribution < 1.29 is 14.3 Å². The summed E-state index contributed by atoms with van der Waals surface area (Å²) in [5.74, 6) is -0.892. The summed E-state index contributed by atoms with van der Waals surface area (Å²) in [4.78, 5) is 23.4. The van der Waals surface area contributed by atoms with E-state index in [0.29, 0.717) is 23.2 Å². The van der Waals surface area contributed by atoms with Crippen LogP contribution >= 0.6 is 23.2 Å². The third kappa shape index (κ3) is 5.82. The van der Waals surface area contributed by atoms with Crippen LogP contribution in [0.25, 0.3) is 5.69 Å². The molecule has 0 spiro atoms. The molecule has 2 rings (SSSR count). The highest BCUT2D eigenvalue weighted by atomic mass is 35.5. The van der Waals surface area contributed by atoms with Crippen LogP contribution in [0.2, 0.25) is 10.0 Å². The predicted molar refractivity (Wildman–Crippen MR) is 111 cm³/mol. The first-order valence-corrected chi connectivity index (χ1v) is 9.31. The number of ether oxygens (including phenoxy) is 1. The van der Waals surface area contributed by atoms with Crippen molar-refractivity contribution in [2.45, 2.75) is 20.3 Å². The molecule has 0 fully saturated rings. The number of nitrogens with zero attached hydrogens (tertiary/aromatic N) is 2. The van der Waals surface area contributed by atoms with Gasteiger partial charge in [-0.15, -0.1) is 0 Å². The Kier molecular flexibility index (Phi) is 8.04. The minimum Gasteiger partial charge on any atom is -0.383 e. The van der Waals surface area contributed by atoms with Crippen LogP contribution in [0.15, 0.2) is 29.4 Å². The number of hydrogen-bond donors (Lipinski definition) is 2. The predicted octanol–water partition coefficient (Wildman–Crippen LogP) is 3.00. The van der Waals surface area contributed by atoms with E-state index in [1.165, 1.54) is 13.3 Å². The molecule has 0 atom stereocenters. The molecule has 0 saturated heterocycles. The summed E-state index contributed by atoms with van der Waals surface area (Å²) in [6.45, 7) is 4.59. The van der Waals surface area contributed by atoms with Crippen molar-refractivity contribution in [3.8, 4) is 5.69 Å². The lowest BCUT2D eigenvalue weighted by Crippen LogP contribution is -2.31. The molecule has 9 heteroatoms. The topological polar surface area (TPSA) is 84.7 Å². The van der Waals surface area contributed by atoms with Gasteiger partial charge in [0.15, 0.2) is 0 Å². The zero-order valence-electron chi connectivity index (χ0n) is 15.9. The van der Waals surface area contributed by atoms with Gasteiger partial charge in [0.25, 0.3) is 0 Å². The third-order valence-corrected chi connectivity index (χ3v) is 4.52. The Morgan fingerprint density at radius 1 is 1.21 bits per heavy atom. The van der Waals surface area contributed by atoms with Crippen molar-refractivity contribution in [1.29, 1.82) is 0 Å². The van der Waals surface area contributed by atoms with Gasteiger partial charge in [-0.05, 0) is 38.1 Å². The maximum absolute atomic E-state index is 11.8. The van der Waals surface area contributed by atoms with E-state index in [0.717, 1.165) is 22.6 Å². The van der Waals surface area contributed by atoms with E-state index in [4.69, 9.17) is 27.9 Å². The van der Waals surface area contributed by atoms with Gasteiger partial charge in [0.2, 0.25) is 11.8 Å². The third-order valence-electron chi connectivity index (χ3n) is 3.96. The molecule has 0 aliphatic carbocycles. The standard InChI is InChI=1S/C19H22Cl2N4O3/c1-12-8-14(11-23-24-19(27)10-18(26)22-6-7-28-3)13(2)25(12)17-9-15(20)4-5-16(17)21/h4-5,8-9,11H,6-7,10H2,1-3H3,(H,22,26)(H,24,27)/b23-11+. The zero-order chi connectivity index (χ0) is 20.7. The molecule has 0 aliphatic heterocycles. The lowest BCUT2D eigenvalue weighted by molar-refractivity contribution is -0.129. The Labute approximate surface area is 173 Å². The second-order valence-electron chi connectivity index (χ2n) is 6.07. The van der Waals surface area contributed by atoms with Crippen LogP contribution in [0.5, 0.6) is 0 Å². The molecule has 2 N–H and O–H groups in total. The summed E-state index contributed by atoms with van der Waals surface area (Å²) in [7, 11) is 1.53. The number of halogens is 2. The molecule has 2 aromatic rings. The monoisotopic (exact) mass is 424 g/mol. The normalized spacial score (nSPS) is 11.0. The molecule has 1 heterocycles. The summed E-state index contributed by atoms with van der Waals surface area (Å²) in [5, 5.41) is 7.66. The van der Waals surface area contributed by atoms with E-state index < -0.39 is 11.8 Å². The molecule has 0 saturated carbocycles. The second-order valence-corrected chi connectivity index (χ2v) is 6.91. The van der Waals surface area contributed by atoms with Gasteiger partial charge < -0.3 is 14.6 Å². The average Bonchev–Trinajstić information content (AvgIpc) is 2.91. The highest BCUT2D eigenvalue weighted by molar-refractivity contribution is 6.34. The van der Waals surface area contributed by atoms with Gasteiger partial charge in [0.05, 0.1) is 23.5 Å². The van der Waals surface area contributed by atoms with Crippen LogP contribution in [-0.4, -0.2) is 42.9 Å². The number of nitrogens with one attached hydrogen (secondary N) is 2. The van der Waals surface area contributed by atoms with Gasteiger partial charge in [-0.3, -0.25) is 9.59 Å². The highest BCUT2D eigenvalue weighted by Gasteiger charge is 2.13. The van der Waals surface area contributed by atoms with Crippen molar-refractivity contribution >= 4 is 41.2 Å². The van der Waals surface area contributed by atoms with Crippen molar-refractivity contribution in [2.24, 2.45) is 5.10 Å². The largest absolute Gasteiger partial charge is 0.383 e. The molecular formula is C19H22Cl2N4O3. The molecule has 0 unspecified atom stereocenters. The Morgan fingerprint density at radius 3 is 2.68 bits per heavy atom. The molecule has 2 amide bonds. The number of aryl methyl sites for hydroxylation is 1. The summed E-state index contributed by atoms with van der Waals surface area (Å²) >= 11 is 12.4. The first-order valence-electron chi connectivity index (χ1n) is 8.55. The fraction of sp³-hybridized carbons (Fsp3) is 0.316. The molecule has 7 nitrogen and oxygen atoms in total. The average molecular weight is 425 g/mol. The van der Waals surface area contributed by atoms with Crippen LogP contribution in [0.3, 0.4) is 0 Å². The number of rotatable bonds is 8. The molecule has 150 valence electrons. The molecule has 0 bridgehead atoms. The minimum atomic E-state index is -0.502. The van der Waals surface area contributed by atoms with Crippen LogP contribution < -0.4 is 10.7 Å². The van der Waals surface area contributed by atoms with E-state index in [2.05, 4.69) is 15.8 Å². The molecular weight excluding hydrogens is 403 g/mol. The number of carbonyl (C=O) groups excluding carboxylic acids is 2. The van der Waals surface area contributed by atoms with Crippen LogP contribution in [-0.2, 0) is 14.3 Å². The van der Waals surface area contributed by atoms with E-state index in [1.54, 1.807) is 18.2 Å². The van der Waals surface area contributed by atoms with Crippen LogP contribution in [0.4, 0.5) is 0 Å². The maximum atomic E-state index is 11.8. The number of carbonyl (C=O) groups is 2. The van der Waals surface area contributed by atoms with E-state index in [9.17, 15) is 9.59 Å². The van der Waals surface area contributed by atoms with Gasteiger partial charge >= 0.3 is 0 Å². The van der Waals surface area contributed by atoms with Crippen molar-refractivity contribution in [3.05, 3.63) is 51.3 Å². The number of methoxy groups -OCH3 is 1. The lowest BCUT2D eigenvalue weighted by atomic mass is 10.2. The zero-order valence-corrected chi connectivity index (χ0v) is 17.4. The van der Waals surface area contributed by atoms with Crippen molar-refractivity contribution in [1.82, 2.24) is 15.3 Å². The molecule has 1 aromatic heterocycles. The fourth-order valence-electron chi connectivity index (χ4n) is 2.66. The number of amides is 2. The Bertz CT molecular complexity index is 894. The number of hydrazone groups is 1. The lowest BCUT2D eigenvalue weighted by Gasteiger charge is -2.12. The van der Waals surface area contributed by atoms with E-state index in [1.807, 2.05) is 24.5 Å². The van der Waals surface area contributed by atoms with Gasteiger partial charge in [0, 0.05) is 35.6 Å². The van der Waals surface area contributed by atoms with E-state index >= 15 is 0 Å². The minimum absolute atomic E-state index is 0.307. The Balaban J connectivity index is 2.04. The fourth-order valence-corrected chi connectivity index (χ4v) is 3.03. The first-order chi connectivity index (χ1) is 13.3. The van der Waals surface area contributed by atoms with E-state index in [-0.39, 0.29) is 6.42 Å². The molecule has 0 radical (unpaired) electrons. The smallest absolute Gasteiger partial charge is 0.249 e. The van der Waals surface area contributed by atoms with Gasteiger partial charge in [0.1, 0.15) is 6.42 Å². The Hall–Kier alpha value is -2.35. The summed E-state index contributed by atoms with van der Waals surface area (Å²) in [6, 6.07) is 7.17. The summed E-state index contributed by atoms with van der Waals surface area (Å²) < 4.78 is 6.78. The van der Waals surface area contributed by atoms with Crippen LogP contribution in [0.1, 0.15) is 23.4 Å². The number of benzene rings is 1.